The van der Waals surface area contributed by atoms with Gasteiger partial charge in [0.25, 0.3) is 5.91 Å². The smallest absolute Gasteiger partial charge is 0.257 e. The number of benzene rings is 1. The molecule has 10 heteroatoms. The first-order chi connectivity index (χ1) is 17.8. The minimum absolute atomic E-state index is 0.288. The van der Waals surface area contributed by atoms with E-state index in [1.54, 1.807) is 17.0 Å². The summed E-state index contributed by atoms with van der Waals surface area (Å²) in [6.45, 7) is 5.44. The molecule has 2 heterocycles. The summed E-state index contributed by atoms with van der Waals surface area (Å²) in [6.07, 6.45) is 12.4. The highest BCUT2D eigenvalue weighted by Gasteiger charge is 2.22. The molecule has 0 spiro atoms. The van der Waals surface area contributed by atoms with Crippen LogP contribution in [-0.2, 0) is 21.9 Å². The molecule has 1 fully saturated rings. The second-order valence-corrected chi connectivity index (χ2v) is 11.2. The molecule has 37 heavy (non-hydrogen) atoms. The zero-order valence-electron chi connectivity index (χ0n) is 21.6. The number of rotatable bonds is 13. The third kappa shape index (κ3) is 7.03. The zero-order valence-corrected chi connectivity index (χ0v) is 22.4. The standard InChI is InChI=1S/C27H35N5O4S/c1-4-5-14-28-15-6-17-37(34,35)30-26(33)12-11-24-20(2)29-31(3)27(24)32-16-13-22-9-10-23(18-25(22)32)36-19-21-7-8-21/h6,9-13,15-16,18,21,28H,4-5,7-8,14,17,19H2,1-3H3,(H,30,33)/b12-11+,15-6?. The number of amides is 1. The lowest BCUT2D eigenvalue weighted by molar-refractivity contribution is -0.114. The third-order valence-electron chi connectivity index (χ3n) is 6.20. The summed E-state index contributed by atoms with van der Waals surface area (Å²) in [5.74, 6) is 1.24. The van der Waals surface area contributed by atoms with Gasteiger partial charge in [-0.1, -0.05) is 19.4 Å². The summed E-state index contributed by atoms with van der Waals surface area (Å²) in [7, 11) is -1.96. The van der Waals surface area contributed by atoms with Gasteiger partial charge in [0.1, 0.15) is 11.6 Å². The van der Waals surface area contributed by atoms with Gasteiger partial charge in [-0.05, 0) is 62.6 Å². The minimum Gasteiger partial charge on any atom is -0.493 e. The Hall–Kier alpha value is -3.53. The SMILES string of the molecule is CCCCNC=CCS(=O)(=O)NC(=O)/C=C/c1c(C)nn(C)c1-n1ccc2ccc(OCC3CC3)cc21. The third-order valence-corrected chi connectivity index (χ3v) is 7.34. The van der Waals surface area contributed by atoms with Gasteiger partial charge < -0.3 is 14.6 Å². The van der Waals surface area contributed by atoms with Crippen LogP contribution in [0.5, 0.6) is 5.75 Å². The normalized spacial score (nSPS) is 14.1. The number of aromatic nitrogens is 3. The molecule has 3 aromatic rings. The first-order valence-electron chi connectivity index (χ1n) is 12.7. The Morgan fingerprint density at radius 3 is 2.84 bits per heavy atom. The van der Waals surface area contributed by atoms with Gasteiger partial charge >= 0.3 is 0 Å². The first-order valence-corrected chi connectivity index (χ1v) is 14.3. The number of carbonyl (C=O) groups excluding carboxylic acids is 1. The van der Waals surface area contributed by atoms with Crippen LogP contribution in [0.15, 0.2) is 48.8 Å². The molecule has 0 atom stereocenters. The molecule has 0 radical (unpaired) electrons. The van der Waals surface area contributed by atoms with E-state index in [9.17, 15) is 13.2 Å². The van der Waals surface area contributed by atoms with Crippen LogP contribution in [0.25, 0.3) is 22.8 Å². The minimum atomic E-state index is -3.79. The van der Waals surface area contributed by atoms with Gasteiger partial charge in [0.05, 0.1) is 23.6 Å². The number of carbonyl (C=O) groups is 1. The lowest BCUT2D eigenvalue weighted by Gasteiger charge is -2.10. The number of ether oxygens (including phenoxy) is 1. The van der Waals surface area contributed by atoms with E-state index in [1.165, 1.54) is 25.0 Å². The Morgan fingerprint density at radius 1 is 1.27 bits per heavy atom. The van der Waals surface area contributed by atoms with Crippen molar-refractivity contribution in [2.45, 2.75) is 39.5 Å². The maximum absolute atomic E-state index is 12.4. The number of aryl methyl sites for hydroxylation is 2. The lowest BCUT2D eigenvalue weighted by atomic mass is 10.2. The van der Waals surface area contributed by atoms with E-state index in [-0.39, 0.29) is 5.75 Å². The largest absolute Gasteiger partial charge is 0.493 e. The Labute approximate surface area is 218 Å². The second-order valence-electron chi connectivity index (χ2n) is 9.40. The van der Waals surface area contributed by atoms with Crippen LogP contribution < -0.4 is 14.8 Å². The van der Waals surface area contributed by atoms with Gasteiger partial charge in [0.15, 0.2) is 0 Å². The van der Waals surface area contributed by atoms with E-state index >= 15 is 0 Å². The molecule has 1 aromatic carbocycles. The van der Waals surface area contributed by atoms with E-state index in [0.717, 1.165) is 54.0 Å². The monoisotopic (exact) mass is 525 g/mol. The van der Waals surface area contributed by atoms with Crippen LogP contribution in [0.1, 0.15) is 43.9 Å². The molecule has 1 amide bonds. The van der Waals surface area contributed by atoms with Crippen molar-refractivity contribution in [1.29, 1.82) is 0 Å². The summed E-state index contributed by atoms with van der Waals surface area (Å²) in [5.41, 5.74) is 2.39. The van der Waals surface area contributed by atoms with Crippen molar-refractivity contribution >= 4 is 32.9 Å². The number of fused-ring (bicyclic) bond motifs is 1. The van der Waals surface area contributed by atoms with Gasteiger partial charge in [0.2, 0.25) is 10.0 Å². The predicted molar refractivity (Wildman–Crippen MR) is 146 cm³/mol. The number of nitrogens with zero attached hydrogens (tertiary/aromatic N) is 3. The summed E-state index contributed by atoms with van der Waals surface area (Å²) in [5, 5.41) is 8.61. The first kappa shape index (κ1) is 26.5. The topological polar surface area (TPSA) is 107 Å². The number of hydrogen-bond donors (Lipinski definition) is 2. The molecule has 1 saturated carbocycles. The number of hydrogen-bond acceptors (Lipinski definition) is 6. The summed E-state index contributed by atoms with van der Waals surface area (Å²) in [6, 6.07) is 8.03. The van der Waals surface area contributed by atoms with Crippen molar-refractivity contribution in [3.63, 3.8) is 0 Å². The van der Waals surface area contributed by atoms with Crippen molar-refractivity contribution in [3.8, 4) is 11.6 Å². The van der Waals surface area contributed by atoms with Gasteiger partial charge in [-0.2, -0.15) is 5.10 Å². The van der Waals surface area contributed by atoms with Crippen molar-refractivity contribution < 1.29 is 17.9 Å². The fourth-order valence-corrected chi connectivity index (χ4v) is 4.84. The number of sulfonamides is 1. The van der Waals surface area contributed by atoms with E-state index in [2.05, 4.69) is 22.1 Å². The maximum atomic E-state index is 12.4. The molecule has 0 saturated heterocycles. The van der Waals surface area contributed by atoms with Gasteiger partial charge in [-0.3, -0.25) is 9.48 Å². The fourth-order valence-electron chi connectivity index (χ4n) is 4.03. The highest BCUT2D eigenvalue weighted by molar-refractivity contribution is 7.90. The molecule has 2 N–H and O–H groups in total. The lowest BCUT2D eigenvalue weighted by Crippen LogP contribution is -2.30. The van der Waals surface area contributed by atoms with Crippen LogP contribution in [-0.4, -0.2) is 47.6 Å². The van der Waals surface area contributed by atoms with E-state index in [1.807, 2.05) is 49.0 Å². The number of unbranched alkanes of at least 4 members (excludes halogenated alkanes) is 1. The van der Waals surface area contributed by atoms with Crippen molar-refractivity contribution in [1.82, 2.24) is 24.4 Å². The van der Waals surface area contributed by atoms with Gasteiger partial charge in [-0.15, -0.1) is 0 Å². The molecule has 2 aromatic heterocycles. The molecule has 9 nitrogen and oxygen atoms in total. The number of nitrogens with one attached hydrogen (secondary N) is 2. The van der Waals surface area contributed by atoms with Crippen LogP contribution in [0.2, 0.25) is 0 Å². The van der Waals surface area contributed by atoms with Crippen LogP contribution in [0.4, 0.5) is 0 Å². The molecule has 1 aliphatic carbocycles. The molecule has 0 bridgehead atoms. The quantitative estimate of drug-likeness (QED) is 0.260. The Kier molecular flexibility index (Phi) is 8.38. The van der Waals surface area contributed by atoms with Crippen LogP contribution in [0.3, 0.4) is 0 Å². The predicted octanol–water partition coefficient (Wildman–Crippen LogP) is 3.82. The highest BCUT2D eigenvalue weighted by atomic mass is 32.2. The van der Waals surface area contributed by atoms with Crippen molar-refractivity contribution in [3.05, 3.63) is 60.1 Å². The average molecular weight is 526 g/mol. The molecule has 198 valence electrons. The van der Waals surface area contributed by atoms with Gasteiger partial charge in [-0.25, -0.2) is 13.1 Å². The molecular weight excluding hydrogens is 490 g/mol. The molecular formula is C27H35N5O4S. The van der Waals surface area contributed by atoms with E-state index in [0.29, 0.717) is 11.6 Å². The van der Waals surface area contributed by atoms with Crippen LogP contribution >= 0.6 is 0 Å². The van der Waals surface area contributed by atoms with E-state index in [4.69, 9.17) is 4.74 Å². The maximum Gasteiger partial charge on any atom is 0.257 e. The Morgan fingerprint density at radius 2 is 2.08 bits per heavy atom. The fraction of sp³-hybridized carbons (Fsp3) is 0.407. The molecule has 0 aliphatic heterocycles. The van der Waals surface area contributed by atoms with Crippen molar-refractivity contribution in [2.75, 3.05) is 18.9 Å². The van der Waals surface area contributed by atoms with Gasteiger partial charge in [0, 0.05) is 42.9 Å². The zero-order chi connectivity index (χ0) is 26.4. The molecule has 0 unspecified atom stereocenters. The average Bonchev–Trinajstić information content (AvgIpc) is 3.53. The van der Waals surface area contributed by atoms with Crippen LogP contribution in [0, 0.1) is 12.8 Å². The molecule has 1 aliphatic rings. The summed E-state index contributed by atoms with van der Waals surface area (Å²) < 4.78 is 36.3. The molecule has 4 rings (SSSR count). The summed E-state index contributed by atoms with van der Waals surface area (Å²) in [4.78, 5) is 12.4. The summed E-state index contributed by atoms with van der Waals surface area (Å²) >= 11 is 0. The van der Waals surface area contributed by atoms with Crippen molar-refractivity contribution in [2.24, 2.45) is 13.0 Å². The second kappa shape index (κ2) is 11.7. The highest BCUT2D eigenvalue weighted by Crippen LogP contribution is 2.31. The van der Waals surface area contributed by atoms with E-state index < -0.39 is 15.9 Å². The Bertz CT molecular complexity index is 1410. The Balaban J connectivity index is 1.49.